The molecule has 4 heteroatoms. The van der Waals surface area contributed by atoms with E-state index in [4.69, 9.17) is 4.74 Å². The Kier molecular flexibility index (Phi) is 6.50. The predicted molar refractivity (Wildman–Crippen MR) is 149 cm³/mol. The van der Waals surface area contributed by atoms with Gasteiger partial charge in [0, 0.05) is 17.3 Å². The number of carbonyl (C=O) groups is 2. The number of hydrogen-bond donors (Lipinski definition) is 0. The molecule has 0 aromatic heterocycles. The van der Waals surface area contributed by atoms with Gasteiger partial charge in [-0.05, 0) is 111 Å². The molecule has 0 amide bonds. The molecule has 0 aromatic rings. The molecule has 0 heterocycles. The lowest BCUT2D eigenvalue weighted by Crippen LogP contribution is -2.66. The highest BCUT2D eigenvalue weighted by molar-refractivity contribution is 9.09. The Balaban J connectivity index is 1.52. The van der Waals surface area contributed by atoms with Crippen LogP contribution in [0.3, 0.4) is 0 Å². The fourth-order valence-corrected chi connectivity index (χ4v) is 11.8. The second kappa shape index (κ2) is 8.68. The topological polar surface area (TPSA) is 43.4 Å². The second-order valence-electron chi connectivity index (χ2n) is 15.0. The van der Waals surface area contributed by atoms with Crippen molar-refractivity contribution in [3.05, 3.63) is 12.2 Å². The van der Waals surface area contributed by atoms with Crippen molar-refractivity contribution in [2.24, 2.45) is 56.7 Å². The quantitative estimate of drug-likeness (QED) is 0.198. The van der Waals surface area contributed by atoms with E-state index in [1.165, 1.54) is 44.1 Å². The molecular formula is C32H49BrO3. The molecule has 5 fully saturated rings. The first kappa shape index (κ1) is 26.9. The zero-order chi connectivity index (χ0) is 26.3. The van der Waals surface area contributed by atoms with Crippen LogP contribution in [0.2, 0.25) is 0 Å². The van der Waals surface area contributed by atoms with Crippen molar-refractivity contribution < 1.29 is 14.3 Å². The number of rotatable bonds is 4. The van der Waals surface area contributed by atoms with Gasteiger partial charge < -0.3 is 4.74 Å². The Morgan fingerprint density at radius 1 is 0.944 bits per heavy atom. The van der Waals surface area contributed by atoms with Crippen LogP contribution in [0.1, 0.15) is 106 Å². The maximum Gasteiger partial charge on any atom is 0.316 e. The third kappa shape index (κ3) is 3.47. The Bertz CT molecular complexity index is 955. The number of alkyl halides is 1. The highest BCUT2D eigenvalue weighted by atomic mass is 79.9. The largest absolute Gasteiger partial charge is 0.464 e. The lowest BCUT2D eigenvalue weighted by Gasteiger charge is -2.72. The number of carbonyl (C=O) groups excluding carboxylic acids is 2. The first-order chi connectivity index (χ1) is 16.8. The van der Waals surface area contributed by atoms with Crippen molar-refractivity contribution in [2.75, 3.05) is 11.9 Å². The van der Waals surface area contributed by atoms with Gasteiger partial charge in [0.15, 0.2) is 0 Å². The summed E-state index contributed by atoms with van der Waals surface area (Å²) in [6.07, 6.45) is 11.6. The van der Waals surface area contributed by atoms with Crippen LogP contribution >= 0.6 is 15.9 Å². The van der Waals surface area contributed by atoms with Crippen LogP contribution in [0, 0.1) is 56.7 Å². The summed E-state index contributed by atoms with van der Waals surface area (Å²) in [7, 11) is 0. The minimum atomic E-state index is -0.191. The Labute approximate surface area is 228 Å². The fourth-order valence-electron chi connectivity index (χ4n) is 11.6. The highest BCUT2D eigenvalue weighted by Gasteiger charge is 2.71. The van der Waals surface area contributed by atoms with Gasteiger partial charge in [-0.1, -0.05) is 62.7 Å². The zero-order valence-electron chi connectivity index (χ0n) is 23.7. The molecule has 0 aliphatic heterocycles. The molecule has 0 bridgehead atoms. The number of Topliss-reactive ketones (excluding diaryl/α,β-unsaturated/α-hetero) is 1. The van der Waals surface area contributed by atoms with Gasteiger partial charge in [0.25, 0.3) is 0 Å². The van der Waals surface area contributed by atoms with E-state index in [0.717, 1.165) is 25.7 Å². The van der Waals surface area contributed by atoms with Crippen molar-refractivity contribution in [2.45, 2.75) is 106 Å². The van der Waals surface area contributed by atoms with Crippen molar-refractivity contribution in [3.63, 3.8) is 0 Å². The van der Waals surface area contributed by atoms with Crippen molar-refractivity contribution >= 4 is 27.7 Å². The van der Waals surface area contributed by atoms with Crippen LogP contribution in [-0.4, -0.2) is 23.7 Å². The molecule has 36 heavy (non-hydrogen) atoms. The van der Waals surface area contributed by atoms with E-state index in [1.54, 1.807) is 0 Å². The molecule has 9 atom stereocenters. The number of halogens is 1. The molecule has 5 saturated carbocycles. The van der Waals surface area contributed by atoms with Gasteiger partial charge in [-0.2, -0.15) is 0 Å². The van der Waals surface area contributed by atoms with E-state index in [-0.39, 0.29) is 33.0 Å². The van der Waals surface area contributed by atoms with Gasteiger partial charge in [0.1, 0.15) is 11.1 Å². The van der Waals surface area contributed by atoms with Crippen molar-refractivity contribution in [1.29, 1.82) is 0 Å². The van der Waals surface area contributed by atoms with E-state index in [1.807, 2.05) is 0 Å². The molecule has 0 saturated heterocycles. The van der Waals surface area contributed by atoms with Gasteiger partial charge in [0.2, 0.25) is 0 Å². The van der Waals surface area contributed by atoms with Crippen LogP contribution in [0.4, 0.5) is 0 Å². The summed E-state index contributed by atoms with van der Waals surface area (Å²) >= 11 is 3.29. The molecule has 0 aromatic carbocycles. The molecule has 202 valence electrons. The average molecular weight is 562 g/mol. The lowest BCUT2D eigenvalue weighted by molar-refractivity contribution is -0.237. The van der Waals surface area contributed by atoms with Crippen LogP contribution in [0.15, 0.2) is 12.2 Å². The monoisotopic (exact) mass is 560 g/mol. The molecule has 5 aliphatic rings. The standard InChI is InChI=1S/C32H49BrO3/c1-20(2)21-10-15-32(19-36-26(35)18-33)17-16-30(6)22(27(21)32)8-9-24-29(5)13-12-25(34)28(3,4)23(29)11-14-31(24,30)7/h21-24,27H,1,8-19H2,2-7H3/t21?,22-,23+,24-,27-,29+,30-,31-,32-/m1/s1. The van der Waals surface area contributed by atoms with Gasteiger partial charge in [-0.3, -0.25) is 9.59 Å². The summed E-state index contributed by atoms with van der Waals surface area (Å²) < 4.78 is 5.88. The zero-order valence-corrected chi connectivity index (χ0v) is 25.3. The van der Waals surface area contributed by atoms with Crippen molar-refractivity contribution in [3.8, 4) is 0 Å². The fraction of sp³-hybridized carbons (Fsp3) is 0.875. The molecule has 0 N–H and O–H groups in total. The van der Waals surface area contributed by atoms with Crippen LogP contribution in [-0.2, 0) is 14.3 Å². The summed E-state index contributed by atoms with van der Waals surface area (Å²) in [6.45, 7) is 19.6. The SMILES string of the molecule is C=C(C)C1CC[C@]2(COC(=O)CBr)CC[C@]3(C)[C@H](CC[C@@H]4[C@@]5(C)CCC(=O)C(C)(C)[C@@H]5CC[C@]43C)[C@@H]12. The van der Waals surface area contributed by atoms with E-state index in [2.05, 4.69) is 64.1 Å². The van der Waals surface area contributed by atoms with Crippen LogP contribution in [0.25, 0.3) is 0 Å². The normalized spacial score (nSPS) is 49.3. The summed E-state index contributed by atoms with van der Waals surface area (Å²) in [5, 5.41) is 0.275. The van der Waals surface area contributed by atoms with Gasteiger partial charge >= 0.3 is 5.97 Å². The summed E-state index contributed by atoms with van der Waals surface area (Å²) in [5.74, 6) is 3.29. The second-order valence-corrected chi connectivity index (χ2v) is 15.5. The minimum Gasteiger partial charge on any atom is -0.464 e. The first-order valence-corrected chi connectivity index (χ1v) is 15.8. The van der Waals surface area contributed by atoms with E-state index < -0.39 is 0 Å². The third-order valence-corrected chi connectivity index (χ3v) is 14.1. The summed E-state index contributed by atoms with van der Waals surface area (Å²) in [6, 6.07) is 0. The summed E-state index contributed by atoms with van der Waals surface area (Å²) in [5.41, 5.74) is 2.06. The number of allylic oxidation sites excluding steroid dienone is 1. The van der Waals surface area contributed by atoms with Gasteiger partial charge in [-0.25, -0.2) is 0 Å². The number of hydrogen-bond acceptors (Lipinski definition) is 3. The molecular weight excluding hydrogens is 512 g/mol. The number of ether oxygens (including phenoxy) is 1. The Morgan fingerprint density at radius 2 is 1.67 bits per heavy atom. The molecule has 5 aliphatic carbocycles. The molecule has 0 spiro atoms. The maximum atomic E-state index is 13.0. The maximum absolute atomic E-state index is 13.0. The Morgan fingerprint density at radius 3 is 2.33 bits per heavy atom. The predicted octanol–water partition coefficient (Wildman–Crippen LogP) is 8.15. The van der Waals surface area contributed by atoms with E-state index in [9.17, 15) is 9.59 Å². The molecule has 3 nitrogen and oxygen atoms in total. The smallest absolute Gasteiger partial charge is 0.316 e. The summed E-state index contributed by atoms with van der Waals surface area (Å²) in [4.78, 5) is 25.2. The number of fused-ring (bicyclic) bond motifs is 7. The number of esters is 1. The van der Waals surface area contributed by atoms with Gasteiger partial charge in [0.05, 0.1) is 6.61 Å². The van der Waals surface area contributed by atoms with E-state index >= 15 is 0 Å². The van der Waals surface area contributed by atoms with Crippen LogP contribution in [0.5, 0.6) is 0 Å². The average Bonchev–Trinajstić information content (AvgIpc) is 3.21. The lowest BCUT2D eigenvalue weighted by atomic mass is 9.32. The van der Waals surface area contributed by atoms with Crippen molar-refractivity contribution in [1.82, 2.24) is 0 Å². The molecule has 5 rings (SSSR count). The van der Waals surface area contributed by atoms with E-state index in [0.29, 0.717) is 47.4 Å². The van der Waals surface area contributed by atoms with Gasteiger partial charge in [-0.15, -0.1) is 0 Å². The third-order valence-electron chi connectivity index (χ3n) is 13.6. The Hall–Kier alpha value is -0.640. The minimum absolute atomic E-state index is 0.106. The molecule has 1 unspecified atom stereocenters. The van der Waals surface area contributed by atoms with Crippen LogP contribution < -0.4 is 0 Å². The molecule has 0 radical (unpaired) electrons. The number of ketones is 1. The highest BCUT2D eigenvalue weighted by Crippen LogP contribution is 2.77. The first-order valence-electron chi connectivity index (χ1n) is 14.7.